The number of carbonyl (C=O) groups is 3. The number of hydrogen-bond donors (Lipinski definition) is 4. The minimum Gasteiger partial charge on any atom is -0.508 e. The number of Topliss-reactive ketones (excluding diaryl/α,β-unsaturated/α-hetero) is 1. The fourth-order valence-electron chi connectivity index (χ4n) is 8.45. The summed E-state index contributed by atoms with van der Waals surface area (Å²) in [4.78, 5) is 40.6. The average molecular weight is 718 g/mol. The van der Waals surface area contributed by atoms with Gasteiger partial charge in [-0.15, -0.1) is 0 Å². The monoisotopic (exact) mass is 717 g/mol. The third-order valence-corrected chi connectivity index (χ3v) is 11.5. The van der Waals surface area contributed by atoms with Crippen LogP contribution in [0.25, 0.3) is 0 Å². The molecule has 1 fully saturated rings. The van der Waals surface area contributed by atoms with Gasteiger partial charge in [0, 0.05) is 54.1 Å². The summed E-state index contributed by atoms with van der Waals surface area (Å²) in [5.74, 6) is 4.20. The van der Waals surface area contributed by atoms with E-state index in [1.807, 2.05) is 43.3 Å². The second kappa shape index (κ2) is 15.2. The Morgan fingerprint density at radius 3 is 2.57 bits per heavy atom. The highest BCUT2D eigenvalue weighted by molar-refractivity contribution is 5.89. The molecule has 1 aliphatic carbocycles. The summed E-state index contributed by atoms with van der Waals surface area (Å²) >= 11 is 0. The van der Waals surface area contributed by atoms with Crippen molar-refractivity contribution in [2.75, 3.05) is 11.9 Å². The number of ether oxygens (including phenoxy) is 2. The molecule has 9 heteroatoms. The van der Waals surface area contributed by atoms with Crippen molar-refractivity contribution in [3.63, 3.8) is 0 Å². The van der Waals surface area contributed by atoms with Crippen molar-refractivity contribution in [3.05, 3.63) is 99.6 Å². The molecule has 3 heterocycles. The molecular weight excluding hydrogens is 670 g/mol. The van der Waals surface area contributed by atoms with Crippen LogP contribution in [0.3, 0.4) is 0 Å². The number of aryl methyl sites for hydroxylation is 1. The van der Waals surface area contributed by atoms with Crippen molar-refractivity contribution in [1.82, 2.24) is 0 Å². The Morgan fingerprint density at radius 1 is 0.943 bits per heavy atom. The van der Waals surface area contributed by atoms with E-state index in [4.69, 9.17) is 9.47 Å². The molecule has 6 unspecified atom stereocenters. The smallest absolute Gasteiger partial charge is 0.334 e. The second-order valence-corrected chi connectivity index (χ2v) is 15.2. The topological polar surface area (TPSA) is 142 Å². The number of benzene rings is 3. The van der Waals surface area contributed by atoms with E-state index in [2.05, 4.69) is 29.3 Å². The molecule has 1 saturated carbocycles. The van der Waals surface area contributed by atoms with E-state index in [1.54, 1.807) is 13.0 Å². The first kappa shape index (κ1) is 36.4. The molecule has 9 nitrogen and oxygen atoms in total. The predicted octanol–water partition coefficient (Wildman–Crippen LogP) is 6.21. The van der Waals surface area contributed by atoms with Gasteiger partial charge in [0.1, 0.15) is 29.0 Å². The Kier molecular flexibility index (Phi) is 10.5. The maximum absolute atomic E-state index is 14.5. The highest BCUT2D eigenvalue weighted by Crippen LogP contribution is 2.43. The van der Waals surface area contributed by atoms with E-state index >= 15 is 0 Å². The molecule has 3 aromatic rings. The van der Waals surface area contributed by atoms with E-state index in [9.17, 15) is 29.7 Å². The molecule has 53 heavy (non-hydrogen) atoms. The number of esters is 2. The summed E-state index contributed by atoms with van der Waals surface area (Å²) in [5.41, 5.74) is 4.33. The Labute approximate surface area is 310 Å². The van der Waals surface area contributed by atoms with Crippen LogP contribution < -0.4 is 10.1 Å². The fraction of sp³-hybridized carbons (Fsp3) is 0.432. The number of nitrogens with one attached hydrogen (secondary N) is 1. The van der Waals surface area contributed by atoms with Gasteiger partial charge < -0.3 is 30.1 Å². The number of phenols is 1. The Morgan fingerprint density at radius 2 is 1.75 bits per heavy atom. The number of carbonyl (C=O) groups excluding carboxylic acids is 3. The van der Waals surface area contributed by atoms with Crippen LogP contribution in [0.1, 0.15) is 97.6 Å². The minimum atomic E-state index is -1.57. The maximum Gasteiger partial charge on any atom is 0.334 e. The molecule has 3 aromatic carbocycles. The number of phenolic OH excluding ortho intramolecular Hbond substituents is 1. The fourth-order valence-corrected chi connectivity index (χ4v) is 8.45. The predicted molar refractivity (Wildman–Crippen MR) is 199 cm³/mol. The van der Waals surface area contributed by atoms with Crippen molar-refractivity contribution < 1.29 is 39.2 Å². The van der Waals surface area contributed by atoms with E-state index in [-0.39, 0.29) is 55.0 Å². The second-order valence-electron chi connectivity index (χ2n) is 15.2. The molecule has 4 aliphatic rings. The molecular formula is C44H47NO8. The van der Waals surface area contributed by atoms with Crippen molar-refractivity contribution in [2.45, 2.75) is 102 Å². The number of hydrogen-bond acceptors (Lipinski definition) is 9. The molecule has 0 saturated heterocycles. The molecule has 3 aliphatic heterocycles. The highest BCUT2D eigenvalue weighted by atomic mass is 16.6. The lowest BCUT2D eigenvalue weighted by atomic mass is 9.68. The average Bonchev–Trinajstić information content (AvgIpc) is 3.13. The Hall–Kier alpha value is -4.91. The molecule has 7 rings (SSSR count). The number of ketones is 1. The first-order valence-electron chi connectivity index (χ1n) is 18.8. The summed E-state index contributed by atoms with van der Waals surface area (Å²) in [7, 11) is 0. The van der Waals surface area contributed by atoms with Crippen LogP contribution in [0.15, 0.2) is 66.2 Å². The normalized spacial score (nSPS) is 27.2. The Balaban J connectivity index is 1.40. The van der Waals surface area contributed by atoms with Crippen LogP contribution in [0.4, 0.5) is 5.69 Å². The van der Waals surface area contributed by atoms with Gasteiger partial charge in [0.2, 0.25) is 0 Å². The van der Waals surface area contributed by atoms with Crippen molar-refractivity contribution in [2.24, 2.45) is 11.8 Å². The van der Waals surface area contributed by atoms with Gasteiger partial charge in [-0.2, -0.15) is 0 Å². The quantitative estimate of drug-likeness (QED) is 0.141. The lowest BCUT2D eigenvalue weighted by Crippen LogP contribution is -2.52. The van der Waals surface area contributed by atoms with Gasteiger partial charge in [-0.1, -0.05) is 48.2 Å². The van der Waals surface area contributed by atoms with Crippen molar-refractivity contribution in [1.29, 1.82) is 0 Å². The largest absolute Gasteiger partial charge is 0.508 e. The van der Waals surface area contributed by atoms with Gasteiger partial charge in [0.25, 0.3) is 0 Å². The highest BCUT2D eigenvalue weighted by Gasteiger charge is 2.46. The van der Waals surface area contributed by atoms with Gasteiger partial charge in [-0.25, -0.2) is 4.79 Å². The number of allylic oxidation sites excluding steroid dienone is 1. The first-order chi connectivity index (χ1) is 25.5. The summed E-state index contributed by atoms with van der Waals surface area (Å²) in [6, 6.07) is 17.1. The van der Waals surface area contributed by atoms with E-state index in [0.29, 0.717) is 67.3 Å². The summed E-state index contributed by atoms with van der Waals surface area (Å²) in [5, 5.41) is 37.3. The number of rotatable bonds is 4. The third-order valence-electron chi connectivity index (χ3n) is 11.5. The molecule has 276 valence electrons. The molecule has 0 aromatic heterocycles. The van der Waals surface area contributed by atoms with Crippen LogP contribution in [-0.4, -0.2) is 51.3 Å². The number of aromatic hydroxyl groups is 1. The molecule has 6 atom stereocenters. The molecule has 0 amide bonds. The van der Waals surface area contributed by atoms with E-state index < -0.39 is 35.5 Å². The van der Waals surface area contributed by atoms with E-state index in [0.717, 1.165) is 22.4 Å². The lowest BCUT2D eigenvalue weighted by Gasteiger charge is -2.42. The van der Waals surface area contributed by atoms with Crippen LogP contribution >= 0.6 is 0 Å². The molecule has 4 N–H and O–H groups in total. The third kappa shape index (κ3) is 7.90. The zero-order valence-corrected chi connectivity index (χ0v) is 30.3. The van der Waals surface area contributed by atoms with Crippen LogP contribution in [-0.2, 0) is 45.0 Å². The van der Waals surface area contributed by atoms with Crippen molar-refractivity contribution in [3.8, 4) is 23.3 Å². The van der Waals surface area contributed by atoms with Crippen LogP contribution in [0.2, 0.25) is 0 Å². The summed E-state index contributed by atoms with van der Waals surface area (Å²) in [6.07, 6.45) is 3.92. The zero-order chi connectivity index (χ0) is 37.3. The summed E-state index contributed by atoms with van der Waals surface area (Å²) in [6.45, 7) is 4.14. The van der Waals surface area contributed by atoms with Crippen LogP contribution in [0, 0.1) is 23.7 Å². The van der Waals surface area contributed by atoms with Crippen LogP contribution in [0.5, 0.6) is 11.5 Å². The minimum absolute atomic E-state index is 0.00603. The maximum atomic E-state index is 14.5. The standard InChI is InChI=1S/C44H47NO8/c1-3-45-36-17-28(25-46)16-32(20-36)29-10-11-30-23-42(49)52-40-24-39(48)34(21-37(30)40)22-41-44(2,51)35-12-13-38(47)33(19-35)15-27-8-4-6-26(14-27)7-5-9-31(18-29)43(50)53-41/h4,6,8-9,14,16-17,20-21,24,29-30,33,35,41,45-46,48,51H,3,5,7,12-13,15,18-19,22-23,25H2,1-2H3. The zero-order valence-electron chi connectivity index (χ0n) is 30.3. The van der Waals surface area contributed by atoms with Crippen molar-refractivity contribution >= 4 is 23.4 Å². The Bertz CT molecular complexity index is 2020. The number of aliphatic hydroxyl groups is 2. The number of fused-ring (bicyclic) bond motifs is 8. The van der Waals surface area contributed by atoms with Gasteiger partial charge >= 0.3 is 11.9 Å². The molecule has 0 radical (unpaired) electrons. The van der Waals surface area contributed by atoms with Gasteiger partial charge in [-0.05, 0) is 104 Å². The molecule has 8 bridgehead atoms. The van der Waals surface area contributed by atoms with Gasteiger partial charge in [0.15, 0.2) is 0 Å². The van der Waals surface area contributed by atoms with Gasteiger partial charge in [-0.3, -0.25) is 9.59 Å². The number of aliphatic hydroxyl groups excluding tert-OH is 1. The molecule has 0 spiro atoms. The lowest BCUT2D eigenvalue weighted by molar-refractivity contribution is -0.170. The SMILES string of the molecule is CCNc1cc(CO)cc(C2C#CC3CC(=O)Oc4cc(O)c(cc43)CC3OC(=O)C(=CCCc4cccc(c4)CC4CC(CCC4=O)C3(C)O)C2)c1. The van der Waals surface area contributed by atoms with E-state index in [1.165, 1.54) is 6.07 Å². The van der Waals surface area contributed by atoms with Gasteiger partial charge in [0.05, 0.1) is 18.9 Å². The summed E-state index contributed by atoms with van der Waals surface area (Å²) < 4.78 is 12.0. The first-order valence-corrected chi connectivity index (χ1v) is 18.8. The number of anilines is 1.